The molecule has 0 spiro atoms. The Morgan fingerprint density at radius 2 is 1.94 bits per heavy atom. The summed E-state index contributed by atoms with van der Waals surface area (Å²) in [5, 5.41) is 10.1. The van der Waals surface area contributed by atoms with Crippen molar-refractivity contribution in [3.8, 4) is 11.5 Å². The molecule has 3 aromatic heterocycles. The van der Waals surface area contributed by atoms with Crippen LogP contribution < -0.4 is 10.1 Å². The fourth-order valence-electron chi connectivity index (χ4n) is 4.17. The highest BCUT2D eigenvalue weighted by molar-refractivity contribution is 6.09. The molecular weight excluding hydrogens is 430 g/mol. The Labute approximate surface area is 194 Å². The molecule has 1 fully saturated rings. The third-order valence-electron chi connectivity index (χ3n) is 5.89. The third-order valence-corrected chi connectivity index (χ3v) is 5.89. The number of nitrogens with zero attached hydrogens (tertiary/aromatic N) is 5. The van der Waals surface area contributed by atoms with Crippen LogP contribution in [0.25, 0.3) is 22.1 Å². The van der Waals surface area contributed by atoms with Crippen molar-refractivity contribution in [2.45, 2.75) is 6.04 Å². The number of aromatic nitrogens is 5. The number of likely N-dealkylation sites (tertiary alicyclic amines) is 1. The first kappa shape index (κ1) is 20.0. The molecule has 5 aromatic rings. The number of carbonyl (C=O) groups is 1. The molecule has 168 valence electrons. The van der Waals surface area contributed by atoms with E-state index in [-0.39, 0.29) is 11.9 Å². The van der Waals surface area contributed by atoms with Gasteiger partial charge in [0.15, 0.2) is 11.5 Å². The minimum atomic E-state index is -0.0824. The molecule has 4 heterocycles. The first-order chi connectivity index (χ1) is 16.7. The van der Waals surface area contributed by atoms with E-state index in [1.807, 2.05) is 59.3 Å². The molecule has 0 bridgehead atoms. The summed E-state index contributed by atoms with van der Waals surface area (Å²) in [5.74, 6) is 2.05. The number of hydrogen-bond acceptors (Lipinski definition) is 6. The van der Waals surface area contributed by atoms with Crippen molar-refractivity contribution >= 4 is 39.5 Å². The van der Waals surface area contributed by atoms with Gasteiger partial charge in [-0.05, 0) is 30.3 Å². The molecule has 1 aliphatic rings. The van der Waals surface area contributed by atoms with Crippen LogP contribution in [0.1, 0.15) is 6.04 Å². The SMILES string of the molecule is C=CC(=O)N1CC(n2nc(Nc3cccc(Oc4ccccc4)c3)c3cnc4[nH]cnc2c43)C1. The molecule has 0 unspecified atom stereocenters. The largest absolute Gasteiger partial charge is 0.457 e. The highest BCUT2D eigenvalue weighted by Gasteiger charge is 2.33. The van der Waals surface area contributed by atoms with Crippen molar-refractivity contribution < 1.29 is 9.53 Å². The lowest BCUT2D eigenvalue weighted by Gasteiger charge is -2.39. The Balaban J connectivity index is 1.36. The number of rotatable bonds is 6. The topological polar surface area (TPSA) is 101 Å². The first-order valence-corrected chi connectivity index (χ1v) is 10.9. The molecule has 0 atom stereocenters. The smallest absolute Gasteiger partial charge is 0.246 e. The molecular formula is C25H21N7O2. The number of nitrogens with one attached hydrogen (secondary N) is 2. The van der Waals surface area contributed by atoms with Gasteiger partial charge in [0, 0.05) is 31.0 Å². The van der Waals surface area contributed by atoms with Crippen LogP contribution in [0.5, 0.6) is 11.5 Å². The molecule has 1 amide bonds. The standard InChI is InChI=1S/C25H21N7O2/c1-2-21(33)31-13-17(14-31)32-25-22-20(12-26-24(22)27-15-28-25)23(30-32)29-16-7-6-10-19(11-16)34-18-8-4-3-5-9-18/h2-12,15,17H,1,13-14H2,(H,29,30)(H,26,27,28). The number of H-pyrrole nitrogens is 1. The van der Waals surface area contributed by atoms with Gasteiger partial charge in [-0.1, -0.05) is 30.8 Å². The molecule has 0 saturated carbocycles. The maximum atomic E-state index is 11.9. The molecule has 9 heteroatoms. The minimum Gasteiger partial charge on any atom is -0.457 e. The van der Waals surface area contributed by atoms with Gasteiger partial charge in [-0.3, -0.25) is 4.79 Å². The van der Waals surface area contributed by atoms with Crippen LogP contribution in [0, 0.1) is 0 Å². The number of aromatic amines is 1. The van der Waals surface area contributed by atoms with Crippen LogP contribution in [0.3, 0.4) is 0 Å². The van der Waals surface area contributed by atoms with Crippen LogP contribution in [-0.2, 0) is 4.79 Å². The number of para-hydroxylation sites is 1. The third kappa shape index (κ3) is 3.43. The monoisotopic (exact) mass is 451 g/mol. The molecule has 1 aliphatic heterocycles. The zero-order valence-corrected chi connectivity index (χ0v) is 18.2. The van der Waals surface area contributed by atoms with Crippen molar-refractivity contribution in [1.82, 2.24) is 29.6 Å². The van der Waals surface area contributed by atoms with Gasteiger partial charge in [-0.2, -0.15) is 5.10 Å². The summed E-state index contributed by atoms with van der Waals surface area (Å²) < 4.78 is 7.85. The summed E-state index contributed by atoms with van der Waals surface area (Å²) in [6.45, 7) is 4.67. The van der Waals surface area contributed by atoms with Gasteiger partial charge in [0.25, 0.3) is 0 Å². The maximum absolute atomic E-state index is 11.9. The van der Waals surface area contributed by atoms with Crippen LogP contribution in [0.4, 0.5) is 11.5 Å². The summed E-state index contributed by atoms with van der Waals surface area (Å²) in [4.78, 5) is 25.8. The molecule has 9 nitrogen and oxygen atoms in total. The second-order valence-electron chi connectivity index (χ2n) is 8.08. The number of benzene rings is 2. The molecule has 2 N–H and O–H groups in total. The van der Waals surface area contributed by atoms with E-state index in [0.717, 1.165) is 33.5 Å². The van der Waals surface area contributed by atoms with Gasteiger partial charge in [0.2, 0.25) is 5.91 Å². The van der Waals surface area contributed by atoms with Gasteiger partial charge >= 0.3 is 0 Å². The fourth-order valence-corrected chi connectivity index (χ4v) is 4.17. The summed E-state index contributed by atoms with van der Waals surface area (Å²) >= 11 is 0. The van der Waals surface area contributed by atoms with E-state index in [2.05, 4.69) is 26.8 Å². The van der Waals surface area contributed by atoms with Gasteiger partial charge in [-0.15, -0.1) is 0 Å². The van der Waals surface area contributed by atoms with Crippen LogP contribution in [-0.4, -0.2) is 48.6 Å². The normalized spacial score (nSPS) is 13.7. The van der Waals surface area contributed by atoms with Crippen molar-refractivity contribution in [2.75, 3.05) is 18.4 Å². The van der Waals surface area contributed by atoms with Crippen molar-refractivity contribution in [3.05, 3.63) is 79.8 Å². The number of hydrogen-bond donors (Lipinski definition) is 2. The molecule has 0 radical (unpaired) electrons. The lowest BCUT2D eigenvalue weighted by Crippen LogP contribution is -2.50. The lowest BCUT2D eigenvalue weighted by atomic mass is 10.1. The Morgan fingerprint density at radius 1 is 1.12 bits per heavy atom. The van der Waals surface area contributed by atoms with E-state index in [0.29, 0.717) is 24.7 Å². The van der Waals surface area contributed by atoms with Crippen LogP contribution >= 0.6 is 0 Å². The van der Waals surface area contributed by atoms with Crippen molar-refractivity contribution in [3.63, 3.8) is 0 Å². The molecule has 2 aromatic carbocycles. The Kier molecular flexibility index (Phi) is 4.72. The minimum absolute atomic E-state index is 0.00889. The van der Waals surface area contributed by atoms with Crippen LogP contribution in [0.2, 0.25) is 0 Å². The Morgan fingerprint density at radius 3 is 2.76 bits per heavy atom. The van der Waals surface area contributed by atoms with E-state index in [1.165, 1.54) is 6.08 Å². The number of amides is 1. The lowest BCUT2D eigenvalue weighted by molar-refractivity contribution is -0.131. The zero-order chi connectivity index (χ0) is 23.1. The molecule has 34 heavy (non-hydrogen) atoms. The number of ether oxygens (including phenoxy) is 1. The number of carbonyl (C=O) groups excluding carboxylic acids is 1. The second-order valence-corrected chi connectivity index (χ2v) is 8.08. The summed E-state index contributed by atoms with van der Waals surface area (Å²) in [5.41, 5.74) is 2.29. The molecule has 1 saturated heterocycles. The summed E-state index contributed by atoms with van der Waals surface area (Å²) in [6, 6.07) is 17.4. The molecule has 6 rings (SSSR count). The van der Waals surface area contributed by atoms with E-state index in [1.54, 1.807) is 17.4 Å². The number of anilines is 2. The fraction of sp³-hybridized carbons (Fsp3) is 0.120. The van der Waals surface area contributed by atoms with Gasteiger partial charge in [-0.25, -0.2) is 14.6 Å². The van der Waals surface area contributed by atoms with Gasteiger partial charge < -0.3 is 19.9 Å². The summed E-state index contributed by atoms with van der Waals surface area (Å²) in [7, 11) is 0. The van der Waals surface area contributed by atoms with E-state index in [9.17, 15) is 4.79 Å². The predicted molar refractivity (Wildman–Crippen MR) is 129 cm³/mol. The van der Waals surface area contributed by atoms with Crippen molar-refractivity contribution in [2.24, 2.45) is 0 Å². The first-order valence-electron chi connectivity index (χ1n) is 10.9. The Hall–Kier alpha value is -4.66. The second kappa shape index (κ2) is 8.04. The average molecular weight is 451 g/mol. The van der Waals surface area contributed by atoms with Crippen molar-refractivity contribution in [1.29, 1.82) is 0 Å². The molecule has 0 aliphatic carbocycles. The van der Waals surface area contributed by atoms with E-state index >= 15 is 0 Å². The van der Waals surface area contributed by atoms with E-state index < -0.39 is 0 Å². The van der Waals surface area contributed by atoms with Gasteiger partial charge in [0.05, 0.1) is 23.1 Å². The van der Waals surface area contributed by atoms with Gasteiger partial charge in [0.1, 0.15) is 17.1 Å². The van der Waals surface area contributed by atoms with Crippen LogP contribution in [0.15, 0.2) is 79.8 Å². The summed E-state index contributed by atoms with van der Waals surface area (Å²) in [6.07, 6.45) is 4.74. The van der Waals surface area contributed by atoms with E-state index in [4.69, 9.17) is 9.84 Å². The maximum Gasteiger partial charge on any atom is 0.246 e. The average Bonchev–Trinajstić information content (AvgIpc) is 3.27. The quantitative estimate of drug-likeness (QED) is 0.371. The highest BCUT2D eigenvalue weighted by atomic mass is 16.5. The highest BCUT2D eigenvalue weighted by Crippen LogP contribution is 2.34. The Bertz CT molecular complexity index is 1520. The zero-order valence-electron chi connectivity index (χ0n) is 18.2. The predicted octanol–water partition coefficient (Wildman–Crippen LogP) is 4.41.